The van der Waals surface area contributed by atoms with E-state index in [9.17, 15) is 4.79 Å². The normalized spacial score (nSPS) is 17.9. The molecule has 0 amide bonds. The minimum atomic E-state index is -0.192. The van der Waals surface area contributed by atoms with E-state index >= 15 is 0 Å². The highest BCUT2D eigenvalue weighted by Crippen LogP contribution is 2.46. The lowest BCUT2D eigenvalue weighted by molar-refractivity contribution is 0.278. The third-order valence-corrected chi connectivity index (χ3v) is 4.97. The second kappa shape index (κ2) is 7.75. The van der Waals surface area contributed by atoms with Crippen LogP contribution in [0.3, 0.4) is 0 Å². The van der Waals surface area contributed by atoms with Crippen molar-refractivity contribution in [1.29, 1.82) is 0 Å². The van der Waals surface area contributed by atoms with Crippen LogP contribution in [0.1, 0.15) is 23.6 Å². The maximum absolute atomic E-state index is 12.4. The third-order valence-electron chi connectivity index (χ3n) is 4.97. The predicted octanol–water partition coefficient (Wildman–Crippen LogP) is 2.31. The van der Waals surface area contributed by atoms with E-state index < -0.39 is 0 Å². The van der Waals surface area contributed by atoms with Gasteiger partial charge in [-0.1, -0.05) is 12.1 Å². The molecule has 1 saturated carbocycles. The highest BCUT2D eigenvalue weighted by atomic mass is 16.5. The maximum Gasteiger partial charge on any atom is 0.290 e. The zero-order valence-electron chi connectivity index (χ0n) is 15.9. The van der Waals surface area contributed by atoms with Gasteiger partial charge in [0.25, 0.3) is 5.56 Å². The van der Waals surface area contributed by atoms with Crippen molar-refractivity contribution in [1.82, 2.24) is 20.0 Å². The van der Waals surface area contributed by atoms with Gasteiger partial charge in [0.05, 0.1) is 13.7 Å². The average Bonchev–Trinajstić information content (AvgIpc) is 3.28. The Balaban J connectivity index is 1.38. The van der Waals surface area contributed by atoms with E-state index in [1.54, 1.807) is 26.4 Å². The number of nitrogens with one attached hydrogen (secondary N) is 2. The summed E-state index contributed by atoms with van der Waals surface area (Å²) in [5.41, 5.74) is 2.46. The number of benzene rings is 1. The van der Waals surface area contributed by atoms with E-state index in [1.165, 1.54) is 4.68 Å². The number of hydrogen-bond donors (Lipinski definition) is 2. The Kier molecular flexibility index (Phi) is 5.01. The summed E-state index contributed by atoms with van der Waals surface area (Å²) >= 11 is 0. The molecule has 1 aliphatic carbocycles. The van der Waals surface area contributed by atoms with Gasteiger partial charge in [0.2, 0.25) is 5.88 Å². The fourth-order valence-corrected chi connectivity index (χ4v) is 3.20. The van der Waals surface area contributed by atoms with Crippen molar-refractivity contribution in [2.75, 3.05) is 19.0 Å². The van der Waals surface area contributed by atoms with Crippen molar-refractivity contribution in [2.24, 2.45) is 13.0 Å². The first-order valence-electron chi connectivity index (χ1n) is 9.21. The van der Waals surface area contributed by atoms with Gasteiger partial charge in [0.1, 0.15) is 11.4 Å². The first-order valence-corrected chi connectivity index (χ1v) is 9.21. The standard InChI is InChI=1S/C20H23N5O3/c1-25-20(26)18(21-11-13-3-5-15(27-2)6-4-13)10-19(24-25)28-12-14-9-16(14)17-7-8-22-23-17/h3-8,10,14,16,21H,9,11-12H2,1-2H3,(H,22,23)/t14-,16+/m1/s1. The predicted molar refractivity (Wildman–Crippen MR) is 105 cm³/mol. The summed E-state index contributed by atoms with van der Waals surface area (Å²) in [4.78, 5) is 12.4. The fraction of sp³-hybridized carbons (Fsp3) is 0.350. The third kappa shape index (κ3) is 4.00. The average molecular weight is 381 g/mol. The molecule has 3 aromatic rings. The molecule has 0 radical (unpaired) electrons. The smallest absolute Gasteiger partial charge is 0.290 e. The van der Waals surface area contributed by atoms with Crippen LogP contribution in [0.25, 0.3) is 0 Å². The number of methoxy groups -OCH3 is 1. The molecule has 2 atom stereocenters. The molecule has 8 heteroatoms. The Morgan fingerprint density at radius 1 is 1.29 bits per heavy atom. The number of rotatable bonds is 8. The summed E-state index contributed by atoms with van der Waals surface area (Å²) in [6.45, 7) is 1.08. The molecule has 146 valence electrons. The molecule has 0 saturated heterocycles. The molecule has 1 aliphatic rings. The first-order chi connectivity index (χ1) is 13.6. The second-order valence-corrected chi connectivity index (χ2v) is 6.95. The van der Waals surface area contributed by atoms with Gasteiger partial charge in [-0.25, -0.2) is 4.68 Å². The van der Waals surface area contributed by atoms with Crippen LogP contribution in [0.2, 0.25) is 0 Å². The first kappa shape index (κ1) is 18.1. The molecule has 0 unspecified atom stereocenters. The van der Waals surface area contributed by atoms with Crippen LogP contribution in [0, 0.1) is 5.92 Å². The molecule has 28 heavy (non-hydrogen) atoms. The minimum absolute atomic E-state index is 0.192. The van der Waals surface area contributed by atoms with Crippen LogP contribution in [0.15, 0.2) is 47.4 Å². The van der Waals surface area contributed by atoms with E-state index in [2.05, 4.69) is 20.6 Å². The summed E-state index contributed by atoms with van der Waals surface area (Å²) in [5, 5.41) is 14.4. The molecule has 0 spiro atoms. The molecule has 2 N–H and O–H groups in total. The molecule has 2 heterocycles. The highest BCUT2D eigenvalue weighted by Gasteiger charge is 2.40. The number of nitrogens with zero attached hydrogens (tertiary/aromatic N) is 3. The van der Waals surface area contributed by atoms with Gasteiger partial charge in [0, 0.05) is 43.4 Å². The SMILES string of the molecule is COc1ccc(CNc2cc(OC[C@H]3C[C@@H]3c3ccn[nH]3)nn(C)c2=O)cc1. The van der Waals surface area contributed by atoms with Crippen molar-refractivity contribution in [3.63, 3.8) is 0 Å². The van der Waals surface area contributed by atoms with Crippen LogP contribution < -0.4 is 20.3 Å². The lowest BCUT2D eigenvalue weighted by Crippen LogP contribution is -2.24. The van der Waals surface area contributed by atoms with Gasteiger partial charge >= 0.3 is 0 Å². The van der Waals surface area contributed by atoms with Crippen molar-refractivity contribution in [3.8, 4) is 11.6 Å². The minimum Gasteiger partial charge on any atom is -0.497 e. The maximum atomic E-state index is 12.4. The number of anilines is 1. The van der Waals surface area contributed by atoms with Crippen LogP contribution in [0.5, 0.6) is 11.6 Å². The lowest BCUT2D eigenvalue weighted by Gasteiger charge is -2.11. The zero-order valence-corrected chi connectivity index (χ0v) is 15.9. The Hall–Kier alpha value is -3.29. The Bertz CT molecular complexity index is 982. The van der Waals surface area contributed by atoms with Gasteiger partial charge in [0.15, 0.2) is 0 Å². The van der Waals surface area contributed by atoms with E-state index in [0.717, 1.165) is 23.4 Å². The van der Waals surface area contributed by atoms with E-state index in [1.807, 2.05) is 30.3 Å². The van der Waals surface area contributed by atoms with Crippen LogP contribution in [-0.4, -0.2) is 33.7 Å². The monoisotopic (exact) mass is 381 g/mol. The van der Waals surface area contributed by atoms with Gasteiger partial charge in [-0.05, 0) is 30.2 Å². The highest BCUT2D eigenvalue weighted by molar-refractivity contribution is 5.44. The molecule has 1 aromatic carbocycles. The molecule has 0 bridgehead atoms. The van der Waals surface area contributed by atoms with Gasteiger partial charge in [-0.3, -0.25) is 9.89 Å². The summed E-state index contributed by atoms with van der Waals surface area (Å²) in [6.07, 6.45) is 2.83. The van der Waals surface area contributed by atoms with Crippen molar-refractivity contribution < 1.29 is 9.47 Å². The van der Waals surface area contributed by atoms with E-state index in [0.29, 0.717) is 36.6 Å². The quantitative estimate of drug-likeness (QED) is 0.622. The van der Waals surface area contributed by atoms with Gasteiger partial charge in [-0.15, -0.1) is 5.10 Å². The van der Waals surface area contributed by atoms with Gasteiger partial charge in [-0.2, -0.15) is 5.10 Å². The molecular formula is C20H23N5O3. The van der Waals surface area contributed by atoms with Crippen LogP contribution in [0.4, 0.5) is 5.69 Å². The molecular weight excluding hydrogens is 358 g/mol. The number of aromatic nitrogens is 4. The van der Waals surface area contributed by atoms with E-state index in [4.69, 9.17) is 9.47 Å². The van der Waals surface area contributed by atoms with Crippen molar-refractivity contribution in [2.45, 2.75) is 18.9 Å². The molecule has 0 aliphatic heterocycles. The topological polar surface area (TPSA) is 94.1 Å². The Labute approximate surface area is 162 Å². The number of aromatic amines is 1. The summed E-state index contributed by atoms with van der Waals surface area (Å²) in [5.74, 6) is 2.14. The summed E-state index contributed by atoms with van der Waals surface area (Å²) in [6, 6.07) is 11.4. The van der Waals surface area contributed by atoms with Gasteiger partial charge < -0.3 is 14.8 Å². The van der Waals surface area contributed by atoms with Crippen molar-refractivity contribution >= 4 is 5.69 Å². The zero-order chi connectivity index (χ0) is 19.5. The van der Waals surface area contributed by atoms with E-state index in [-0.39, 0.29) is 5.56 Å². The number of aryl methyl sites for hydroxylation is 1. The molecule has 8 nitrogen and oxygen atoms in total. The Morgan fingerprint density at radius 3 is 2.82 bits per heavy atom. The Morgan fingerprint density at radius 2 is 2.11 bits per heavy atom. The largest absolute Gasteiger partial charge is 0.497 e. The van der Waals surface area contributed by atoms with Crippen molar-refractivity contribution in [3.05, 3.63) is 64.2 Å². The fourth-order valence-electron chi connectivity index (χ4n) is 3.20. The molecule has 2 aromatic heterocycles. The molecule has 1 fully saturated rings. The summed E-state index contributed by atoms with van der Waals surface area (Å²) in [7, 11) is 3.26. The second-order valence-electron chi connectivity index (χ2n) is 6.95. The number of hydrogen-bond acceptors (Lipinski definition) is 6. The number of H-pyrrole nitrogens is 1. The lowest BCUT2D eigenvalue weighted by atomic mass is 10.2. The summed E-state index contributed by atoms with van der Waals surface area (Å²) < 4.78 is 12.3. The molecule has 4 rings (SSSR count). The van der Waals surface area contributed by atoms with Crippen LogP contribution >= 0.6 is 0 Å². The van der Waals surface area contributed by atoms with Crippen LogP contribution in [-0.2, 0) is 13.6 Å². The number of ether oxygens (including phenoxy) is 2.